The fourth-order valence-corrected chi connectivity index (χ4v) is 1.95. The summed E-state index contributed by atoms with van der Waals surface area (Å²) in [6, 6.07) is 7.71. The molecule has 3 nitrogen and oxygen atoms in total. The fourth-order valence-electron chi connectivity index (χ4n) is 1.73. The molecule has 3 N–H and O–H groups in total. The van der Waals surface area contributed by atoms with Crippen LogP contribution in [0.25, 0.3) is 10.9 Å². The number of anilines is 1. The topological polar surface area (TPSA) is 50.9 Å². The zero-order chi connectivity index (χ0) is 11.7. The van der Waals surface area contributed by atoms with Gasteiger partial charge in [-0.25, -0.2) is 4.98 Å². The number of hydrogen-bond donors (Lipinski definition) is 2. The minimum atomic E-state index is -0.0571. The van der Waals surface area contributed by atoms with Crippen molar-refractivity contribution < 1.29 is 0 Å². The van der Waals surface area contributed by atoms with Gasteiger partial charge in [0.05, 0.1) is 10.5 Å². The highest BCUT2D eigenvalue weighted by Crippen LogP contribution is 2.28. The Morgan fingerprint density at radius 1 is 1.41 bits per heavy atom. The minimum Gasteiger partial charge on any atom is -0.373 e. The van der Waals surface area contributed by atoms with Gasteiger partial charge in [-0.2, -0.15) is 0 Å². The third kappa shape index (κ3) is 2.63. The molecule has 2 aromatic rings. The van der Waals surface area contributed by atoms with E-state index >= 15 is 0 Å². The number of nitrogens with zero attached hydrogens (tertiary/aromatic N) is 1. The Kier molecular flexibility index (Phi) is 4.57. The van der Waals surface area contributed by atoms with E-state index in [0.29, 0.717) is 5.02 Å². The Morgan fingerprint density at radius 3 is 2.71 bits per heavy atom. The third-order valence-electron chi connectivity index (χ3n) is 2.55. The second kappa shape index (κ2) is 5.54. The van der Waals surface area contributed by atoms with Crippen molar-refractivity contribution >= 4 is 40.7 Å². The van der Waals surface area contributed by atoms with Crippen molar-refractivity contribution in [1.82, 2.24) is 4.98 Å². The summed E-state index contributed by atoms with van der Waals surface area (Å²) in [5.41, 5.74) is 7.71. The quantitative estimate of drug-likeness (QED) is 0.881. The van der Waals surface area contributed by atoms with E-state index in [1.54, 1.807) is 0 Å². The zero-order valence-corrected chi connectivity index (χ0v) is 11.3. The van der Waals surface area contributed by atoms with Crippen molar-refractivity contribution in [1.29, 1.82) is 0 Å². The first kappa shape index (κ1) is 14.0. The molecule has 92 valence electrons. The van der Waals surface area contributed by atoms with Crippen LogP contribution in [0.5, 0.6) is 0 Å². The number of para-hydroxylation sites is 1. The summed E-state index contributed by atoms with van der Waals surface area (Å²) in [7, 11) is 1.83. The average Bonchev–Trinajstić information content (AvgIpc) is 2.28. The summed E-state index contributed by atoms with van der Waals surface area (Å²) < 4.78 is 0. The number of aromatic nitrogens is 1. The Bertz CT molecular complexity index is 526. The Morgan fingerprint density at radius 2 is 2.12 bits per heavy atom. The van der Waals surface area contributed by atoms with E-state index in [1.807, 2.05) is 38.2 Å². The summed E-state index contributed by atoms with van der Waals surface area (Å²) >= 11 is 6.10. The molecule has 0 aliphatic heterocycles. The maximum absolute atomic E-state index is 6.10. The molecule has 0 amide bonds. The van der Waals surface area contributed by atoms with Crippen LogP contribution in [0.1, 0.15) is 18.5 Å². The van der Waals surface area contributed by atoms with E-state index in [-0.39, 0.29) is 18.4 Å². The van der Waals surface area contributed by atoms with Crippen LogP contribution in [-0.4, -0.2) is 12.0 Å². The SMILES string of the molecule is CNc1nc2c(Cl)cccc2cc1[C@H](C)N.Cl. The zero-order valence-electron chi connectivity index (χ0n) is 9.70. The number of nitrogens with one attached hydrogen (secondary N) is 1. The number of fused-ring (bicyclic) bond motifs is 1. The van der Waals surface area contributed by atoms with Gasteiger partial charge in [0.1, 0.15) is 5.82 Å². The Labute approximate surface area is 112 Å². The van der Waals surface area contributed by atoms with Crippen molar-refractivity contribution in [2.24, 2.45) is 5.73 Å². The van der Waals surface area contributed by atoms with E-state index < -0.39 is 0 Å². The van der Waals surface area contributed by atoms with Gasteiger partial charge < -0.3 is 11.1 Å². The first-order chi connectivity index (χ1) is 7.63. The van der Waals surface area contributed by atoms with E-state index in [9.17, 15) is 0 Å². The molecule has 1 aromatic heterocycles. The van der Waals surface area contributed by atoms with E-state index in [0.717, 1.165) is 22.3 Å². The molecule has 17 heavy (non-hydrogen) atoms. The standard InChI is InChI=1S/C12H14ClN3.ClH/c1-7(14)9-6-8-4-3-5-10(13)11(8)16-12(9)15-2;/h3-7H,14H2,1-2H3,(H,15,16);1H/t7-;/m0./s1. The van der Waals surface area contributed by atoms with Crippen LogP contribution in [-0.2, 0) is 0 Å². The second-order valence-corrected chi connectivity index (χ2v) is 4.18. The van der Waals surface area contributed by atoms with Crippen molar-refractivity contribution in [2.45, 2.75) is 13.0 Å². The predicted octanol–water partition coefficient (Wildman–Crippen LogP) is 3.37. The summed E-state index contributed by atoms with van der Waals surface area (Å²) in [6.45, 7) is 1.94. The maximum Gasteiger partial charge on any atom is 0.131 e. The fraction of sp³-hybridized carbons (Fsp3) is 0.250. The van der Waals surface area contributed by atoms with Gasteiger partial charge in [0.15, 0.2) is 0 Å². The molecule has 0 spiro atoms. The number of rotatable bonds is 2. The number of halogens is 2. The normalized spacial score (nSPS) is 12.0. The van der Waals surface area contributed by atoms with Gasteiger partial charge in [0.25, 0.3) is 0 Å². The third-order valence-corrected chi connectivity index (χ3v) is 2.86. The van der Waals surface area contributed by atoms with Gasteiger partial charge >= 0.3 is 0 Å². The lowest BCUT2D eigenvalue weighted by Crippen LogP contribution is -2.09. The van der Waals surface area contributed by atoms with Crippen LogP contribution in [0, 0.1) is 0 Å². The second-order valence-electron chi connectivity index (χ2n) is 3.78. The van der Waals surface area contributed by atoms with Crippen LogP contribution < -0.4 is 11.1 Å². The van der Waals surface area contributed by atoms with Crippen molar-refractivity contribution in [2.75, 3.05) is 12.4 Å². The first-order valence-electron chi connectivity index (χ1n) is 5.16. The molecule has 2 rings (SSSR count). The number of nitrogens with two attached hydrogens (primary N) is 1. The summed E-state index contributed by atoms with van der Waals surface area (Å²) in [5.74, 6) is 0.788. The number of pyridine rings is 1. The molecule has 0 aliphatic carbocycles. The lowest BCUT2D eigenvalue weighted by atomic mass is 10.1. The van der Waals surface area contributed by atoms with Crippen LogP contribution in [0.3, 0.4) is 0 Å². The molecule has 1 aromatic carbocycles. The maximum atomic E-state index is 6.10. The highest BCUT2D eigenvalue weighted by atomic mass is 35.5. The molecule has 0 radical (unpaired) electrons. The van der Waals surface area contributed by atoms with Crippen LogP contribution >= 0.6 is 24.0 Å². The van der Waals surface area contributed by atoms with Crippen LogP contribution in [0.15, 0.2) is 24.3 Å². The predicted molar refractivity (Wildman–Crippen MR) is 76.2 cm³/mol. The molecule has 0 fully saturated rings. The van der Waals surface area contributed by atoms with Gasteiger partial charge in [0, 0.05) is 24.0 Å². The van der Waals surface area contributed by atoms with E-state index in [1.165, 1.54) is 0 Å². The van der Waals surface area contributed by atoms with Crippen molar-refractivity contribution in [3.05, 3.63) is 34.9 Å². The van der Waals surface area contributed by atoms with E-state index in [2.05, 4.69) is 10.3 Å². The van der Waals surface area contributed by atoms with Gasteiger partial charge in [0.2, 0.25) is 0 Å². The summed E-state index contributed by atoms with van der Waals surface area (Å²) in [4.78, 5) is 4.49. The average molecular weight is 272 g/mol. The monoisotopic (exact) mass is 271 g/mol. The van der Waals surface area contributed by atoms with Gasteiger partial charge in [-0.1, -0.05) is 23.7 Å². The van der Waals surface area contributed by atoms with E-state index in [4.69, 9.17) is 17.3 Å². The van der Waals surface area contributed by atoms with Crippen LogP contribution in [0.4, 0.5) is 5.82 Å². The summed E-state index contributed by atoms with van der Waals surface area (Å²) in [5, 5.41) is 4.72. The lowest BCUT2D eigenvalue weighted by molar-refractivity contribution is 0.817. The first-order valence-corrected chi connectivity index (χ1v) is 5.53. The molecule has 0 saturated carbocycles. The van der Waals surface area contributed by atoms with Gasteiger partial charge in [-0.3, -0.25) is 0 Å². The molecule has 0 saturated heterocycles. The molecule has 5 heteroatoms. The molecule has 0 aliphatic rings. The largest absolute Gasteiger partial charge is 0.373 e. The Balaban J connectivity index is 0.00000144. The smallest absolute Gasteiger partial charge is 0.131 e. The molecule has 0 unspecified atom stereocenters. The molecule has 0 bridgehead atoms. The molecule has 1 heterocycles. The van der Waals surface area contributed by atoms with Crippen molar-refractivity contribution in [3.63, 3.8) is 0 Å². The number of benzene rings is 1. The lowest BCUT2D eigenvalue weighted by Gasteiger charge is -2.13. The Hall–Kier alpha value is -1.03. The van der Waals surface area contributed by atoms with Crippen molar-refractivity contribution in [3.8, 4) is 0 Å². The molecular weight excluding hydrogens is 257 g/mol. The van der Waals surface area contributed by atoms with Gasteiger partial charge in [-0.15, -0.1) is 12.4 Å². The molecule has 1 atom stereocenters. The summed E-state index contributed by atoms with van der Waals surface area (Å²) in [6.07, 6.45) is 0. The molecular formula is C12H15Cl2N3. The number of hydrogen-bond acceptors (Lipinski definition) is 3. The highest BCUT2D eigenvalue weighted by molar-refractivity contribution is 6.35. The van der Waals surface area contributed by atoms with Crippen LogP contribution in [0.2, 0.25) is 5.02 Å². The minimum absolute atomic E-state index is 0. The van der Waals surface area contributed by atoms with Gasteiger partial charge in [-0.05, 0) is 19.1 Å². The highest BCUT2D eigenvalue weighted by Gasteiger charge is 2.10.